The third-order valence-electron chi connectivity index (χ3n) is 4.75. The Morgan fingerprint density at radius 3 is 1.33 bits per heavy atom. The molecule has 0 radical (unpaired) electrons. The SMILES string of the molecule is O=c1oc2cccnc2c2ccccc12.O=c1oc2cccnc2c2ccccc12. The molecule has 0 fully saturated rings. The van der Waals surface area contributed by atoms with E-state index in [2.05, 4.69) is 9.97 Å². The van der Waals surface area contributed by atoms with Gasteiger partial charge in [0.15, 0.2) is 11.2 Å². The van der Waals surface area contributed by atoms with Crippen LogP contribution in [0.15, 0.2) is 104 Å². The molecule has 0 unspecified atom stereocenters. The highest BCUT2D eigenvalue weighted by molar-refractivity contribution is 6.02. The van der Waals surface area contributed by atoms with Crippen molar-refractivity contribution in [1.82, 2.24) is 9.97 Å². The van der Waals surface area contributed by atoms with Crippen molar-refractivity contribution in [2.24, 2.45) is 0 Å². The number of hydrogen-bond acceptors (Lipinski definition) is 6. The molecule has 0 bridgehead atoms. The average molecular weight is 394 g/mol. The van der Waals surface area contributed by atoms with Crippen LogP contribution in [0.1, 0.15) is 0 Å². The van der Waals surface area contributed by atoms with Gasteiger partial charge in [-0.25, -0.2) is 9.59 Å². The summed E-state index contributed by atoms with van der Waals surface area (Å²) in [4.78, 5) is 31.6. The number of nitrogens with zero attached hydrogens (tertiary/aromatic N) is 2. The molecule has 144 valence electrons. The first-order valence-corrected chi connectivity index (χ1v) is 9.25. The largest absolute Gasteiger partial charge is 0.421 e. The van der Waals surface area contributed by atoms with Crippen LogP contribution in [0.4, 0.5) is 0 Å². The highest BCUT2D eigenvalue weighted by Gasteiger charge is 2.07. The molecule has 6 heteroatoms. The molecule has 0 aliphatic rings. The zero-order valence-electron chi connectivity index (χ0n) is 15.6. The van der Waals surface area contributed by atoms with E-state index in [0.29, 0.717) is 21.9 Å². The lowest BCUT2D eigenvalue weighted by Gasteiger charge is -1.99. The molecule has 6 aromatic rings. The zero-order chi connectivity index (χ0) is 20.5. The van der Waals surface area contributed by atoms with Crippen molar-refractivity contribution >= 4 is 43.7 Å². The summed E-state index contributed by atoms with van der Waals surface area (Å²) in [5.74, 6) is 0. The Hall–Kier alpha value is -4.32. The minimum absolute atomic E-state index is 0.314. The van der Waals surface area contributed by atoms with E-state index in [0.717, 1.165) is 21.8 Å². The molecule has 0 amide bonds. The summed E-state index contributed by atoms with van der Waals surface area (Å²) >= 11 is 0. The minimum atomic E-state index is -0.314. The predicted octanol–water partition coefficient (Wildman–Crippen LogP) is 4.68. The van der Waals surface area contributed by atoms with Gasteiger partial charge < -0.3 is 8.83 Å². The van der Waals surface area contributed by atoms with Gasteiger partial charge in [0.25, 0.3) is 0 Å². The number of pyridine rings is 2. The van der Waals surface area contributed by atoms with E-state index in [9.17, 15) is 9.59 Å². The molecule has 0 aliphatic carbocycles. The molecule has 30 heavy (non-hydrogen) atoms. The fraction of sp³-hybridized carbons (Fsp3) is 0. The van der Waals surface area contributed by atoms with Crippen LogP contribution < -0.4 is 11.3 Å². The van der Waals surface area contributed by atoms with E-state index >= 15 is 0 Å². The lowest BCUT2D eigenvalue weighted by molar-refractivity contribution is 0.568. The summed E-state index contributed by atoms with van der Waals surface area (Å²) < 4.78 is 10.3. The number of benzene rings is 2. The Morgan fingerprint density at radius 1 is 0.500 bits per heavy atom. The first-order chi connectivity index (χ1) is 14.7. The monoisotopic (exact) mass is 394 g/mol. The molecule has 0 atom stereocenters. The van der Waals surface area contributed by atoms with Crippen LogP contribution in [0, 0.1) is 0 Å². The Morgan fingerprint density at radius 2 is 0.900 bits per heavy atom. The molecule has 0 N–H and O–H groups in total. The van der Waals surface area contributed by atoms with Gasteiger partial charge >= 0.3 is 11.3 Å². The van der Waals surface area contributed by atoms with Crippen LogP contribution in [-0.4, -0.2) is 9.97 Å². The van der Waals surface area contributed by atoms with Gasteiger partial charge in [-0.05, 0) is 36.4 Å². The summed E-state index contributed by atoms with van der Waals surface area (Å²) in [6, 6.07) is 21.6. The molecule has 0 saturated carbocycles. The summed E-state index contributed by atoms with van der Waals surface area (Å²) in [6.45, 7) is 0. The standard InChI is InChI=1S/2C12H7NO2/c2*14-12-9-5-2-1-4-8(9)11-10(15-12)6-3-7-13-11/h2*1-7H. The van der Waals surface area contributed by atoms with Gasteiger partial charge in [-0.15, -0.1) is 0 Å². The van der Waals surface area contributed by atoms with Crippen molar-refractivity contribution in [2.75, 3.05) is 0 Å². The van der Waals surface area contributed by atoms with Gasteiger partial charge in [0.05, 0.1) is 10.8 Å². The molecular formula is C24H14N2O4. The Labute approximate surface area is 169 Å². The van der Waals surface area contributed by atoms with Crippen LogP contribution in [0.25, 0.3) is 43.7 Å². The average Bonchev–Trinajstić information content (AvgIpc) is 2.80. The maximum atomic E-state index is 11.6. The van der Waals surface area contributed by atoms with Crippen LogP contribution in [0.3, 0.4) is 0 Å². The fourth-order valence-electron chi connectivity index (χ4n) is 3.40. The van der Waals surface area contributed by atoms with Crippen LogP contribution in [0.5, 0.6) is 0 Å². The van der Waals surface area contributed by atoms with Crippen LogP contribution >= 0.6 is 0 Å². The number of aromatic nitrogens is 2. The second kappa shape index (κ2) is 7.25. The van der Waals surface area contributed by atoms with Gasteiger partial charge in [0, 0.05) is 23.2 Å². The predicted molar refractivity (Wildman–Crippen MR) is 116 cm³/mol. The van der Waals surface area contributed by atoms with E-state index < -0.39 is 0 Å². The fourth-order valence-corrected chi connectivity index (χ4v) is 3.40. The normalized spacial score (nSPS) is 10.9. The lowest BCUT2D eigenvalue weighted by atomic mass is 10.1. The molecule has 0 saturated heterocycles. The molecule has 6 nitrogen and oxygen atoms in total. The second-order valence-electron chi connectivity index (χ2n) is 6.57. The maximum absolute atomic E-state index is 11.6. The topological polar surface area (TPSA) is 86.2 Å². The Kier molecular flexibility index (Phi) is 4.29. The number of hydrogen-bond donors (Lipinski definition) is 0. The first-order valence-electron chi connectivity index (χ1n) is 9.25. The third-order valence-corrected chi connectivity index (χ3v) is 4.75. The molecule has 0 aliphatic heterocycles. The van der Waals surface area contributed by atoms with Crippen molar-refractivity contribution in [3.8, 4) is 0 Å². The third kappa shape index (κ3) is 3.00. The van der Waals surface area contributed by atoms with Crippen molar-refractivity contribution in [3.63, 3.8) is 0 Å². The van der Waals surface area contributed by atoms with E-state index in [4.69, 9.17) is 8.83 Å². The molecule has 6 rings (SSSR count). The molecular weight excluding hydrogens is 380 g/mol. The molecule has 0 spiro atoms. The van der Waals surface area contributed by atoms with E-state index in [1.54, 1.807) is 48.8 Å². The Balaban J connectivity index is 0.000000128. The highest BCUT2D eigenvalue weighted by atomic mass is 16.4. The summed E-state index contributed by atoms with van der Waals surface area (Å²) in [5.41, 5.74) is 1.89. The van der Waals surface area contributed by atoms with Gasteiger partial charge in [-0.3, -0.25) is 9.97 Å². The lowest BCUT2D eigenvalue weighted by Crippen LogP contribution is -1.99. The van der Waals surface area contributed by atoms with E-state index in [1.807, 2.05) is 36.4 Å². The number of fused-ring (bicyclic) bond motifs is 6. The maximum Gasteiger partial charge on any atom is 0.344 e. The second-order valence-corrected chi connectivity index (χ2v) is 6.57. The van der Waals surface area contributed by atoms with Gasteiger partial charge in [0.1, 0.15) is 11.0 Å². The van der Waals surface area contributed by atoms with Crippen LogP contribution in [-0.2, 0) is 0 Å². The van der Waals surface area contributed by atoms with E-state index in [-0.39, 0.29) is 11.3 Å². The van der Waals surface area contributed by atoms with Gasteiger partial charge in [-0.2, -0.15) is 0 Å². The quantitative estimate of drug-likeness (QED) is 0.348. The van der Waals surface area contributed by atoms with Crippen LogP contribution in [0.2, 0.25) is 0 Å². The molecule has 4 aromatic heterocycles. The Bertz CT molecular complexity index is 1530. The van der Waals surface area contributed by atoms with Crippen molar-refractivity contribution in [3.05, 3.63) is 106 Å². The minimum Gasteiger partial charge on any atom is -0.421 e. The molecule has 2 aromatic carbocycles. The summed E-state index contributed by atoms with van der Waals surface area (Å²) in [6.07, 6.45) is 3.38. The smallest absolute Gasteiger partial charge is 0.344 e. The van der Waals surface area contributed by atoms with E-state index in [1.165, 1.54) is 0 Å². The van der Waals surface area contributed by atoms with Crippen molar-refractivity contribution in [2.45, 2.75) is 0 Å². The highest BCUT2D eigenvalue weighted by Crippen LogP contribution is 2.20. The zero-order valence-corrected chi connectivity index (χ0v) is 15.6. The summed E-state index contributed by atoms with van der Waals surface area (Å²) in [7, 11) is 0. The molecule has 4 heterocycles. The number of rotatable bonds is 0. The summed E-state index contributed by atoms with van der Waals surface area (Å²) in [5, 5.41) is 2.82. The first kappa shape index (κ1) is 17.8. The van der Waals surface area contributed by atoms with Gasteiger partial charge in [-0.1, -0.05) is 36.4 Å². The van der Waals surface area contributed by atoms with Crippen molar-refractivity contribution < 1.29 is 8.83 Å². The van der Waals surface area contributed by atoms with Crippen molar-refractivity contribution in [1.29, 1.82) is 0 Å². The van der Waals surface area contributed by atoms with Gasteiger partial charge in [0.2, 0.25) is 0 Å².